The zero-order valence-corrected chi connectivity index (χ0v) is 22.8. The number of hydrogen-bond acceptors (Lipinski definition) is 4. The van der Waals surface area contributed by atoms with Gasteiger partial charge in [0, 0.05) is 31.9 Å². The first-order chi connectivity index (χ1) is 16.8. The van der Waals surface area contributed by atoms with Crippen molar-refractivity contribution < 1.29 is 0 Å². The van der Waals surface area contributed by atoms with Crippen molar-refractivity contribution in [3.05, 3.63) is 65.2 Å². The van der Waals surface area contributed by atoms with E-state index < -0.39 is 0 Å². The van der Waals surface area contributed by atoms with Crippen molar-refractivity contribution in [3.63, 3.8) is 0 Å². The van der Waals surface area contributed by atoms with Crippen LogP contribution in [0.25, 0.3) is 0 Å². The van der Waals surface area contributed by atoms with Crippen LogP contribution in [0.4, 0.5) is 5.69 Å². The molecule has 0 spiro atoms. The van der Waals surface area contributed by atoms with Crippen molar-refractivity contribution in [2.24, 2.45) is 10.8 Å². The Balaban J connectivity index is 0.000000131. The third-order valence-electron chi connectivity index (χ3n) is 7.35. The highest BCUT2D eigenvalue weighted by Crippen LogP contribution is 2.24. The first kappa shape index (κ1) is 27.7. The molecule has 4 heterocycles. The van der Waals surface area contributed by atoms with Gasteiger partial charge >= 0.3 is 0 Å². The maximum Gasteiger partial charge on any atom is 0.0373 e. The summed E-state index contributed by atoms with van der Waals surface area (Å²) in [6, 6.07) is 17.1. The Labute approximate surface area is 215 Å². The van der Waals surface area contributed by atoms with Gasteiger partial charge in [-0.3, -0.25) is 0 Å². The van der Waals surface area contributed by atoms with Crippen molar-refractivity contribution in [2.75, 3.05) is 44.6 Å². The van der Waals surface area contributed by atoms with Crippen LogP contribution in [0.5, 0.6) is 0 Å². The lowest BCUT2D eigenvalue weighted by Crippen LogP contribution is -2.35. The van der Waals surface area contributed by atoms with Crippen molar-refractivity contribution >= 4 is 5.69 Å². The molecule has 0 radical (unpaired) electrons. The Hall–Kier alpha value is -1.88. The molecule has 35 heavy (non-hydrogen) atoms. The molecule has 0 saturated carbocycles. The number of nitrogens with one attached hydrogen (secondary N) is 4. The van der Waals surface area contributed by atoms with E-state index in [2.05, 4.69) is 97.5 Å². The summed E-state index contributed by atoms with van der Waals surface area (Å²) >= 11 is 0. The van der Waals surface area contributed by atoms with Crippen LogP contribution in [0.2, 0.25) is 0 Å². The third kappa shape index (κ3) is 10.3. The lowest BCUT2D eigenvalue weighted by molar-refractivity contribution is 0.265. The van der Waals surface area contributed by atoms with Crippen molar-refractivity contribution in [3.8, 4) is 0 Å². The first-order valence-electron chi connectivity index (χ1n) is 13.9. The Morgan fingerprint density at radius 2 is 1.11 bits per heavy atom. The van der Waals surface area contributed by atoms with Gasteiger partial charge in [-0.1, -0.05) is 70.2 Å². The molecule has 2 fully saturated rings. The second-order valence-corrected chi connectivity index (χ2v) is 11.9. The number of rotatable bonds is 0. The number of para-hydroxylation sites is 1. The SMILES string of the molecule is CC1(C)CCCNC1.CC1(C)CCCNC1.c1ccc2c(c1)CCN2.c1ccc2c(c1)CCNC2. The Bertz CT molecular complexity index is 788. The minimum atomic E-state index is 0.568. The zero-order chi connectivity index (χ0) is 25.0. The van der Waals surface area contributed by atoms with E-state index in [9.17, 15) is 0 Å². The summed E-state index contributed by atoms with van der Waals surface area (Å²) in [5.74, 6) is 0. The molecule has 4 aliphatic heterocycles. The highest BCUT2D eigenvalue weighted by molar-refractivity contribution is 5.54. The molecule has 0 aromatic heterocycles. The smallest absolute Gasteiger partial charge is 0.0373 e. The van der Waals surface area contributed by atoms with Crippen LogP contribution < -0.4 is 21.3 Å². The Morgan fingerprint density at radius 1 is 0.571 bits per heavy atom. The average molecular weight is 479 g/mol. The van der Waals surface area contributed by atoms with Gasteiger partial charge in [0.15, 0.2) is 0 Å². The molecule has 194 valence electrons. The van der Waals surface area contributed by atoms with Gasteiger partial charge in [-0.25, -0.2) is 0 Å². The minimum Gasteiger partial charge on any atom is -0.384 e. The highest BCUT2D eigenvalue weighted by Gasteiger charge is 2.20. The fraction of sp³-hybridized carbons (Fsp3) is 0.613. The summed E-state index contributed by atoms with van der Waals surface area (Å²) in [4.78, 5) is 0. The molecular formula is C31H50N4. The second-order valence-electron chi connectivity index (χ2n) is 11.9. The summed E-state index contributed by atoms with van der Waals surface area (Å²) in [7, 11) is 0. The summed E-state index contributed by atoms with van der Waals surface area (Å²) in [5, 5.41) is 13.4. The number of fused-ring (bicyclic) bond motifs is 2. The molecule has 0 atom stereocenters. The van der Waals surface area contributed by atoms with E-state index in [1.165, 1.54) is 87.1 Å². The van der Waals surface area contributed by atoms with E-state index in [1.807, 2.05) is 0 Å². The number of benzene rings is 2. The lowest BCUT2D eigenvalue weighted by Gasteiger charge is -2.29. The van der Waals surface area contributed by atoms with Gasteiger partial charge in [-0.2, -0.15) is 0 Å². The first-order valence-corrected chi connectivity index (χ1v) is 13.9. The van der Waals surface area contributed by atoms with E-state index in [-0.39, 0.29) is 0 Å². The molecule has 0 unspecified atom stereocenters. The summed E-state index contributed by atoms with van der Waals surface area (Å²) in [6.07, 6.45) is 7.87. The van der Waals surface area contributed by atoms with Gasteiger partial charge in [0.05, 0.1) is 0 Å². The standard InChI is InChI=1S/C9H11N.C8H9N.2C7H15N/c1-2-4-9-7-10-6-5-8(9)3-1;1-2-4-8-7(3-1)5-6-9-8;2*1-7(2)4-3-5-8-6-7/h1-4,10H,5-7H2;1-4,9H,5-6H2;2*8H,3-6H2,1-2H3. The van der Waals surface area contributed by atoms with Crippen molar-refractivity contribution in [1.29, 1.82) is 0 Å². The predicted octanol–water partition coefficient (Wildman–Crippen LogP) is 5.78. The normalized spacial score (nSPS) is 21.1. The lowest BCUT2D eigenvalue weighted by atomic mass is 9.85. The maximum atomic E-state index is 3.38. The van der Waals surface area contributed by atoms with Crippen LogP contribution in [-0.2, 0) is 19.4 Å². The molecule has 2 aromatic rings. The molecule has 0 amide bonds. The highest BCUT2D eigenvalue weighted by atomic mass is 14.9. The van der Waals surface area contributed by atoms with Gasteiger partial charge in [-0.05, 0) is 91.7 Å². The average Bonchev–Trinajstić information content (AvgIpc) is 3.34. The van der Waals surface area contributed by atoms with Crippen LogP contribution in [0, 0.1) is 10.8 Å². The van der Waals surface area contributed by atoms with Gasteiger partial charge in [0.25, 0.3) is 0 Å². The van der Waals surface area contributed by atoms with E-state index in [4.69, 9.17) is 0 Å². The van der Waals surface area contributed by atoms with Crippen LogP contribution >= 0.6 is 0 Å². The van der Waals surface area contributed by atoms with Crippen LogP contribution in [0.1, 0.15) is 70.1 Å². The van der Waals surface area contributed by atoms with Crippen molar-refractivity contribution in [2.45, 2.75) is 72.8 Å². The van der Waals surface area contributed by atoms with Gasteiger partial charge in [0.1, 0.15) is 0 Å². The van der Waals surface area contributed by atoms with E-state index in [0.717, 1.165) is 19.6 Å². The van der Waals surface area contributed by atoms with Crippen LogP contribution in [0.15, 0.2) is 48.5 Å². The molecule has 0 bridgehead atoms. The fourth-order valence-electron chi connectivity index (χ4n) is 5.08. The number of hydrogen-bond donors (Lipinski definition) is 4. The predicted molar refractivity (Wildman–Crippen MR) is 152 cm³/mol. The Kier molecular flexibility index (Phi) is 11.1. The maximum absolute atomic E-state index is 3.38. The topological polar surface area (TPSA) is 48.1 Å². The van der Waals surface area contributed by atoms with Crippen molar-refractivity contribution in [1.82, 2.24) is 16.0 Å². The number of piperidine rings is 2. The largest absolute Gasteiger partial charge is 0.384 e. The molecule has 4 nitrogen and oxygen atoms in total. The second kappa shape index (κ2) is 14.0. The van der Waals surface area contributed by atoms with E-state index >= 15 is 0 Å². The summed E-state index contributed by atoms with van der Waals surface area (Å²) < 4.78 is 0. The minimum absolute atomic E-state index is 0.568. The third-order valence-corrected chi connectivity index (χ3v) is 7.35. The number of anilines is 1. The molecule has 4 aliphatic rings. The summed E-state index contributed by atoms with van der Waals surface area (Å²) in [5.41, 5.74) is 6.89. The molecule has 2 saturated heterocycles. The molecule has 2 aromatic carbocycles. The van der Waals surface area contributed by atoms with Gasteiger partial charge in [-0.15, -0.1) is 0 Å². The molecule has 6 rings (SSSR count). The molecular weight excluding hydrogens is 428 g/mol. The molecule has 4 N–H and O–H groups in total. The van der Waals surface area contributed by atoms with Crippen LogP contribution in [0.3, 0.4) is 0 Å². The van der Waals surface area contributed by atoms with E-state index in [0.29, 0.717) is 10.8 Å². The molecule has 4 heteroatoms. The fourth-order valence-corrected chi connectivity index (χ4v) is 5.08. The van der Waals surface area contributed by atoms with Gasteiger partial charge in [0.2, 0.25) is 0 Å². The quantitative estimate of drug-likeness (QED) is 0.388. The van der Waals surface area contributed by atoms with E-state index in [1.54, 1.807) is 0 Å². The molecule has 0 aliphatic carbocycles. The monoisotopic (exact) mass is 478 g/mol. The van der Waals surface area contributed by atoms with Crippen LogP contribution in [-0.4, -0.2) is 39.3 Å². The Morgan fingerprint density at radius 3 is 1.60 bits per heavy atom. The van der Waals surface area contributed by atoms with Gasteiger partial charge < -0.3 is 21.3 Å². The zero-order valence-electron chi connectivity index (χ0n) is 22.8. The summed E-state index contributed by atoms with van der Waals surface area (Å²) in [6.45, 7) is 17.4.